The molecule has 0 bridgehead atoms. The lowest BCUT2D eigenvalue weighted by Gasteiger charge is -2.30. The van der Waals surface area contributed by atoms with Gasteiger partial charge in [0.05, 0.1) is 9.79 Å². The first-order chi connectivity index (χ1) is 13.1. The molecule has 0 aliphatic heterocycles. The van der Waals surface area contributed by atoms with Crippen molar-refractivity contribution in [2.75, 3.05) is 25.9 Å². The number of rotatable bonds is 9. The molecule has 2 aromatic rings. The molecule has 0 saturated heterocycles. The monoisotopic (exact) mass is 444 g/mol. The van der Waals surface area contributed by atoms with E-state index in [0.717, 1.165) is 24.9 Å². The lowest BCUT2D eigenvalue weighted by Crippen LogP contribution is -2.38. The van der Waals surface area contributed by atoms with Crippen LogP contribution in [0.2, 0.25) is 5.02 Å². The van der Waals surface area contributed by atoms with E-state index in [-0.39, 0.29) is 22.4 Å². The van der Waals surface area contributed by atoms with Crippen molar-refractivity contribution in [3.63, 3.8) is 0 Å². The number of hydrogen-bond acceptors (Lipinski definition) is 5. The Morgan fingerprint density at radius 2 is 1.57 bits per heavy atom. The van der Waals surface area contributed by atoms with Crippen molar-refractivity contribution in [2.24, 2.45) is 0 Å². The zero-order chi connectivity index (χ0) is 20.9. The third-order valence-electron chi connectivity index (χ3n) is 4.53. The number of nitrogens with zero attached hydrogens (tertiary/aromatic N) is 1. The van der Waals surface area contributed by atoms with E-state index < -0.39 is 19.9 Å². The Balaban J connectivity index is 2.33. The minimum absolute atomic E-state index is 0.0400. The third kappa shape index (κ3) is 5.55. The highest BCUT2D eigenvalue weighted by atomic mass is 35.5. The molecular formula is C19H25ClN2O4S2. The van der Waals surface area contributed by atoms with Crippen molar-refractivity contribution in [3.8, 4) is 0 Å². The summed E-state index contributed by atoms with van der Waals surface area (Å²) in [6.45, 7) is 5.54. The summed E-state index contributed by atoms with van der Waals surface area (Å²) in [4.78, 5) is 1.98. The van der Waals surface area contributed by atoms with Crippen molar-refractivity contribution < 1.29 is 16.8 Å². The Labute approximate surface area is 172 Å². The molecule has 0 amide bonds. The van der Waals surface area contributed by atoms with Gasteiger partial charge in [-0.15, -0.1) is 0 Å². The van der Waals surface area contributed by atoms with Crippen LogP contribution in [0.1, 0.15) is 25.5 Å². The molecular weight excluding hydrogens is 420 g/mol. The van der Waals surface area contributed by atoms with Crippen molar-refractivity contribution >= 4 is 31.5 Å². The number of likely N-dealkylation sites (N-methyl/N-ethyl adjacent to an activating group) is 1. The van der Waals surface area contributed by atoms with Gasteiger partial charge in [-0.3, -0.25) is 4.90 Å². The van der Waals surface area contributed by atoms with E-state index in [2.05, 4.69) is 9.62 Å². The molecule has 2 aromatic carbocycles. The summed E-state index contributed by atoms with van der Waals surface area (Å²) >= 11 is 6.34. The molecule has 0 aliphatic rings. The SMILES string of the molecule is CCN(CC)[C@H](CNS(=O)(=O)c1cccc(S(C)(=O)=O)c1)c1ccccc1Cl. The van der Waals surface area contributed by atoms with Crippen LogP contribution >= 0.6 is 11.6 Å². The number of halogens is 1. The van der Waals surface area contributed by atoms with E-state index in [1.54, 1.807) is 6.07 Å². The highest BCUT2D eigenvalue weighted by molar-refractivity contribution is 7.91. The summed E-state index contributed by atoms with van der Waals surface area (Å²) in [5.41, 5.74) is 0.834. The molecule has 6 nitrogen and oxygen atoms in total. The second-order valence-electron chi connectivity index (χ2n) is 6.36. The maximum Gasteiger partial charge on any atom is 0.240 e. The number of sulfonamides is 1. The fourth-order valence-corrected chi connectivity index (χ4v) is 5.08. The molecule has 0 aromatic heterocycles. The van der Waals surface area contributed by atoms with Gasteiger partial charge in [0.15, 0.2) is 9.84 Å². The summed E-state index contributed by atoms with van der Waals surface area (Å²) in [6, 6.07) is 12.4. The Morgan fingerprint density at radius 3 is 2.14 bits per heavy atom. The lowest BCUT2D eigenvalue weighted by atomic mass is 10.1. The minimum atomic E-state index is -3.89. The molecule has 0 aliphatic carbocycles. The highest BCUT2D eigenvalue weighted by Crippen LogP contribution is 2.27. The second-order valence-corrected chi connectivity index (χ2v) is 10.5. The predicted molar refractivity (Wildman–Crippen MR) is 112 cm³/mol. The first-order valence-electron chi connectivity index (χ1n) is 8.88. The average Bonchev–Trinajstić information content (AvgIpc) is 2.65. The summed E-state index contributed by atoms with van der Waals surface area (Å²) in [5, 5.41) is 0.567. The van der Waals surface area contributed by atoms with Gasteiger partial charge in [-0.1, -0.05) is 49.7 Å². The third-order valence-corrected chi connectivity index (χ3v) is 7.40. The van der Waals surface area contributed by atoms with E-state index in [1.807, 2.05) is 32.0 Å². The van der Waals surface area contributed by atoms with Gasteiger partial charge in [0.2, 0.25) is 10.0 Å². The predicted octanol–water partition coefficient (Wildman–Crippen LogP) is 3.10. The maximum atomic E-state index is 12.8. The first kappa shape index (κ1) is 22.8. The van der Waals surface area contributed by atoms with Crippen LogP contribution in [0.4, 0.5) is 0 Å². The molecule has 0 radical (unpaired) electrons. The second kappa shape index (κ2) is 9.37. The number of benzene rings is 2. The quantitative estimate of drug-likeness (QED) is 0.642. The molecule has 1 N–H and O–H groups in total. The summed E-state index contributed by atoms with van der Waals surface area (Å²) < 4.78 is 51.6. The molecule has 0 heterocycles. The fraction of sp³-hybridized carbons (Fsp3) is 0.368. The average molecular weight is 445 g/mol. The Bertz CT molecular complexity index is 1020. The lowest BCUT2D eigenvalue weighted by molar-refractivity contribution is 0.220. The van der Waals surface area contributed by atoms with E-state index in [9.17, 15) is 16.8 Å². The molecule has 28 heavy (non-hydrogen) atoms. The first-order valence-corrected chi connectivity index (χ1v) is 12.6. The van der Waals surface area contributed by atoms with Gasteiger partial charge < -0.3 is 0 Å². The molecule has 0 unspecified atom stereocenters. The van der Waals surface area contributed by atoms with Gasteiger partial charge in [-0.2, -0.15) is 0 Å². The maximum absolute atomic E-state index is 12.8. The summed E-state index contributed by atoms with van der Waals surface area (Å²) in [7, 11) is -7.40. The van der Waals surface area contributed by atoms with Crippen molar-refractivity contribution in [1.82, 2.24) is 9.62 Å². The Kier molecular flexibility index (Phi) is 7.64. The van der Waals surface area contributed by atoms with Gasteiger partial charge in [-0.25, -0.2) is 21.6 Å². The van der Waals surface area contributed by atoms with Crippen LogP contribution in [0, 0.1) is 0 Å². The largest absolute Gasteiger partial charge is 0.296 e. The zero-order valence-electron chi connectivity index (χ0n) is 16.1. The standard InChI is InChI=1S/C19H25ClN2O4S2/c1-4-22(5-2)19(17-11-6-7-12-18(17)20)14-21-28(25,26)16-10-8-9-15(13-16)27(3,23)24/h6-13,19,21H,4-5,14H2,1-3H3/t19-/m1/s1. The van der Waals surface area contributed by atoms with Crippen LogP contribution in [0.5, 0.6) is 0 Å². The summed E-state index contributed by atoms with van der Waals surface area (Å²) in [5.74, 6) is 0. The van der Waals surface area contributed by atoms with Crippen LogP contribution < -0.4 is 4.72 Å². The van der Waals surface area contributed by atoms with Gasteiger partial charge >= 0.3 is 0 Å². The minimum Gasteiger partial charge on any atom is -0.296 e. The van der Waals surface area contributed by atoms with E-state index in [0.29, 0.717) is 5.02 Å². The van der Waals surface area contributed by atoms with Gasteiger partial charge in [0, 0.05) is 23.9 Å². The Morgan fingerprint density at radius 1 is 0.964 bits per heavy atom. The topological polar surface area (TPSA) is 83.6 Å². The molecule has 2 rings (SSSR count). The fourth-order valence-electron chi connectivity index (χ4n) is 2.99. The molecule has 0 saturated carbocycles. The Hall–Kier alpha value is -1.45. The van der Waals surface area contributed by atoms with Crippen molar-refractivity contribution in [2.45, 2.75) is 29.7 Å². The molecule has 0 spiro atoms. The van der Waals surface area contributed by atoms with Gasteiger partial charge in [0.25, 0.3) is 0 Å². The van der Waals surface area contributed by atoms with E-state index in [4.69, 9.17) is 11.6 Å². The van der Waals surface area contributed by atoms with Crippen LogP contribution in [-0.2, 0) is 19.9 Å². The van der Waals surface area contributed by atoms with Gasteiger partial charge in [0.1, 0.15) is 0 Å². The molecule has 9 heteroatoms. The number of hydrogen-bond donors (Lipinski definition) is 1. The van der Waals surface area contributed by atoms with Crippen molar-refractivity contribution in [3.05, 3.63) is 59.1 Å². The normalized spacial score (nSPS) is 13.6. The smallest absolute Gasteiger partial charge is 0.240 e. The molecule has 0 fully saturated rings. The van der Waals surface area contributed by atoms with Crippen LogP contribution in [0.15, 0.2) is 58.3 Å². The number of sulfone groups is 1. The van der Waals surface area contributed by atoms with Crippen LogP contribution in [0.25, 0.3) is 0 Å². The zero-order valence-corrected chi connectivity index (χ0v) is 18.5. The van der Waals surface area contributed by atoms with Crippen LogP contribution in [-0.4, -0.2) is 47.6 Å². The molecule has 1 atom stereocenters. The van der Waals surface area contributed by atoms with Crippen LogP contribution in [0.3, 0.4) is 0 Å². The molecule has 154 valence electrons. The van der Waals surface area contributed by atoms with Gasteiger partial charge in [-0.05, 0) is 42.9 Å². The highest BCUT2D eigenvalue weighted by Gasteiger charge is 2.24. The van der Waals surface area contributed by atoms with E-state index >= 15 is 0 Å². The van der Waals surface area contributed by atoms with E-state index in [1.165, 1.54) is 24.3 Å². The van der Waals surface area contributed by atoms with Crippen molar-refractivity contribution in [1.29, 1.82) is 0 Å². The number of nitrogens with one attached hydrogen (secondary N) is 1. The summed E-state index contributed by atoms with van der Waals surface area (Å²) in [6.07, 6.45) is 1.04.